The topological polar surface area (TPSA) is 41.6 Å². The molecule has 0 bridgehead atoms. The number of hydrogen-bond donors (Lipinski definition) is 1. The van der Waals surface area contributed by atoms with Crippen molar-refractivity contribution < 1.29 is 9.53 Å². The van der Waals surface area contributed by atoms with Crippen LogP contribution in [-0.2, 0) is 4.79 Å². The van der Waals surface area contributed by atoms with Crippen molar-refractivity contribution in [2.45, 2.75) is 26.0 Å². The maximum Gasteiger partial charge on any atom is 0.263 e. The van der Waals surface area contributed by atoms with E-state index in [1.54, 1.807) is 25.1 Å². The minimum atomic E-state index is -0.575. The summed E-state index contributed by atoms with van der Waals surface area (Å²) in [4.78, 5) is 14.2. The summed E-state index contributed by atoms with van der Waals surface area (Å²) in [5.41, 5.74) is 0. The van der Waals surface area contributed by atoms with E-state index >= 15 is 0 Å². The molecule has 6 heteroatoms. The van der Waals surface area contributed by atoms with Crippen molar-refractivity contribution in [1.29, 1.82) is 0 Å². The molecule has 1 unspecified atom stereocenters. The molecule has 2 atom stereocenters. The lowest BCUT2D eigenvalue weighted by molar-refractivity contribution is -0.140. The molecular formula is C14H18Cl2N2O2. The van der Waals surface area contributed by atoms with Gasteiger partial charge in [-0.3, -0.25) is 4.79 Å². The standard InChI is InChI=1S/C14H18Cl2N2O2/c1-9-8-17-5-6-18(9)14(19)10(2)20-13-4-3-11(15)7-12(13)16/h3-4,7,9-10,17H,5-6,8H2,1-2H3/t9-,10?/m1/s1. The van der Waals surface area contributed by atoms with Crippen LogP contribution in [-0.4, -0.2) is 42.6 Å². The average molecular weight is 317 g/mol. The van der Waals surface area contributed by atoms with Crippen LogP contribution in [0.3, 0.4) is 0 Å². The zero-order chi connectivity index (χ0) is 14.7. The highest BCUT2D eigenvalue weighted by molar-refractivity contribution is 6.35. The Morgan fingerprint density at radius 3 is 2.90 bits per heavy atom. The van der Waals surface area contributed by atoms with Gasteiger partial charge in [-0.2, -0.15) is 0 Å². The van der Waals surface area contributed by atoms with Crippen molar-refractivity contribution in [2.75, 3.05) is 19.6 Å². The van der Waals surface area contributed by atoms with Crippen LogP contribution in [0.1, 0.15) is 13.8 Å². The Kier molecular flexibility index (Phi) is 5.13. The fourth-order valence-electron chi connectivity index (χ4n) is 2.21. The van der Waals surface area contributed by atoms with Gasteiger partial charge in [0.2, 0.25) is 0 Å². The van der Waals surface area contributed by atoms with Gasteiger partial charge in [-0.25, -0.2) is 0 Å². The molecule has 1 N–H and O–H groups in total. The zero-order valence-electron chi connectivity index (χ0n) is 11.5. The van der Waals surface area contributed by atoms with E-state index in [9.17, 15) is 4.79 Å². The van der Waals surface area contributed by atoms with Crippen LogP contribution < -0.4 is 10.1 Å². The number of amides is 1. The third-order valence-corrected chi connectivity index (χ3v) is 3.86. The maximum atomic E-state index is 12.4. The van der Waals surface area contributed by atoms with Crippen molar-refractivity contribution >= 4 is 29.1 Å². The third-order valence-electron chi connectivity index (χ3n) is 3.33. The smallest absolute Gasteiger partial charge is 0.263 e. The van der Waals surface area contributed by atoms with Crippen molar-refractivity contribution in [3.63, 3.8) is 0 Å². The fraction of sp³-hybridized carbons (Fsp3) is 0.500. The molecule has 0 radical (unpaired) electrons. The molecule has 1 fully saturated rings. The van der Waals surface area contributed by atoms with E-state index in [1.807, 2.05) is 11.8 Å². The highest BCUT2D eigenvalue weighted by Crippen LogP contribution is 2.28. The van der Waals surface area contributed by atoms with Crippen LogP contribution in [0.5, 0.6) is 5.75 Å². The Balaban J connectivity index is 2.03. The summed E-state index contributed by atoms with van der Waals surface area (Å²) in [5, 5.41) is 4.20. The van der Waals surface area contributed by atoms with Crippen LogP contribution >= 0.6 is 23.2 Å². The number of ether oxygens (including phenoxy) is 1. The minimum absolute atomic E-state index is 0.0231. The summed E-state index contributed by atoms with van der Waals surface area (Å²) < 4.78 is 5.66. The van der Waals surface area contributed by atoms with Gasteiger partial charge in [0.25, 0.3) is 5.91 Å². The monoisotopic (exact) mass is 316 g/mol. The fourth-order valence-corrected chi connectivity index (χ4v) is 2.67. The molecule has 4 nitrogen and oxygen atoms in total. The van der Waals surface area contributed by atoms with Crippen LogP contribution in [0, 0.1) is 0 Å². The first-order valence-corrected chi connectivity index (χ1v) is 7.37. The first-order chi connectivity index (χ1) is 9.49. The normalized spacial score (nSPS) is 20.6. The van der Waals surface area contributed by atoms with Gasteiger partial charge in [-0.05, 0) is 32.0 Å². The Labute approximate surface area is 129 Å². The number of piperazine rings is 1. The molecule has 1 aromatic carbocycles. The van der Waals surface area contributed by atoms with Gasteiger partial charge in [0, 0.05) is 30.7 Å². The highest BCUT2D eigenvalue weighted by Gasteiger charge is 2.28. The molecule has 2 rings (SSSR count). The summed E-state index contributed by atoms with van der Waals surface area (Å²) >= 11 is 11.9. The summed E-state index contributed by atoms with van der Waals surface area (Å²) in [6, 6.07) is 5.13. The molecule has 0 spiro atoms. The van der Waals surface area contributed by atoms with Crippen LogP contribution in [0.15, 0.2) is 18.2 Å². The number of nitrogens with zero attached hydrogens (tertiary/aromatic N) is 1. The van der Waals surface area contributed by atoms with E-state index < -0.39 is 6.10 Å². The first kappa shape index (κ1) is 15.4. The first-order valence-electron chi connectivity index (χ1n) is 6.62. The lowest BCUT2D eigenvalue weighted by atomic mass is 10.2. The van der Waals surface area contributed by atoms with E-state index in [0.717, 1.165) is 13.1 Å². The van der Waals surface area contributed by atoms with Crippen LogP contribution in [0.25, 0.3) is 0 Å². The van der Waals surface area contributed by atoms with Crippen molar-refractivity contribution in [1.82, 2.24) is 10.2 Å². The number of benzene rings is 1. The lowest BCUT2D eigenvalue weighted by Gasteiger charge is -2.35. The van der Waals surface area contributed by atoms with Gasteiger partial charge in [0.15, 0.2) is 6.10 Å². The van der Waals surface area contributed by atoms with Crippen molar-refractivity contribution in [3.8, 4) is 5.75 Å². The minimum Gasteiger partial charge on any atom is -0.479 e. The van der Waals surface area contributed by atoms with Crippen LogP contribution in [0.4, 0.5) is 0 Å². The molecule has 1 heterocycles. The second-order valence-corrected chi connectivity index (χ2v) is 5.76. The predicted octanol–water partition coefficient (Wildman–Crippen LogP) is 2.58. The molecular weight excluding hydrogens is 299 g/mol. The lowest BCUT2D eigenvalue weighted by Crippen LogP contribution is -2.55. The highest BCUT2D eigenvalue weighted by atomic mass is 35.5. The zero-order valence-corrected chi connectivity index (χ0v) is 13.0. The molecule has 20 heavy (non-hydrogen) atoms. The van der Waals surface area contributed by atoms with Gasteiger partial charge in [0.05, 0.1) is 5.02 Å². The van der Waals surface area contributed by atoms with E-state index in [0.29, 0.717) is 22.3 Å². The van der Waals surface area contributed by atoms with Gasteiger partial charge in [-0.15, -0.1) is 0 Å². The van der Waals surface area contributed by atoms with Gasteiger partial charge in [0.1, 0.15) is 5.75 Å². The van der Waals surface area contributed by atoms with E-state index in [1.165, 1.54) is 0 Å². The molecule has 1 aliphatic heterocycles. The Morgan fingerprint density at radius 1 is 1.50 bits per heavy atom. The summed E-state index contributed by atoms with van der Waals surface area (Å²) in [7, 11) is 0. The summed E-state index contributed by atoms with van der Waals surface area (Å²) in [6.07, 6.45) is -0.575. The SMILES string of the molecule is CC(Oc1ccc(Cl)cc1Cl)C(=O)N1CCNC[C@H]1C. The van der Waals surface area contributed by atoms with Crippen molar-refractivity contribution in [2.24, 2.45) is 0 Å². The Morgan fingerprint density at radius 2 is 2.25 bits per heavy atom. The maximum absolute atomic E-state index is 12.4. The van der Waals surface area contributed by atoms with Crippen LogP contribution in [0.2, 0.25) is 10.0 Å². The van der Waals surface area contributed by atoms with Gasteiger partial charge in [-0.1, -0.05) is 23.2 Å². The predicted molar refractivity (Wildman–Crippen MR) is 80.6 cm³/mol. The summed E-state index contributed by atoms with van der Waals surface area (Å²) in [6.45, 7) is 6.07. The third kappa shape index (κ3) is 3.57. The molecule has 1 aromatic rings. The molecule has 0 aromatic heterocycles. The molecule has 110 valence electrons. The average Bonchev–Trinajstić information content (AvgIpc) is 2.41. The summed E-state index contributed by atoms with van der Waals surface area (Å²) in [5.74, 6) is 0.449. The molecule has 0 aliphatic carbocycles. The number of halogens is 2. The molecule has 1 aliphatic rings. The quantitative estimate of drug-likeness (QED) is 0.932. The molecule has 0 saturated carbocycles. The number of rotatable bonds is 3. The molecule has 1 saturated heterocycles. The van der Waals surface area contributed by atoms with Gasteiger partial charge < -0.3 is 15.0 Å². The van der Waals surface area contributed by atoms with Gasteiger partial charge >= 0.3 is 0 Å². The number of nitrogens with one attached hydrogen (secondary N) is 1. The Bertz CT molecular complexity index is 496. The number of carbonyl (C=O) groups excluding carboxylic acids is 1. The second kappa shape index (κ2) is 6.66. The molecule has 1 amide bonds. The van der Waals surface area contributed by atoms with Crippen molar-refractivity contribution in [3.05, 3.63) is 28.2 Å². The largest absolute Gasteiger partial charge is 0.479 e. The Hall–Kier alpha value is -0.970. The number of hydrogen-bond acceptors (Lipinski definition) is 3. The second-order valence-electron chi connectivity index (χ2n) is 4.92. The van der Waals surface area contributed by atoms with E-state index in [-0.39, 0.29) is 11.9 Å². The van der Waals surface area contributed by atoms with E-state index in [4.69, 9.17) is 27.9 Å². The number of carbonyl (C=O) groups is 1. The van der Waals surface area contributed by atoms with E-state index in [2.05, 4.69) is 5.32 Å².